The van der Waals surface area contributed by atoms with Crippen molar-refractivity contribution in [3.8, 4) is 0 Å². The summed E-state index contributed by atoms with van der Waals surface area (Å²) in [6.07, 6.45) is 6.94. The van der Waals surface area contributed by atoms with Gasteiger partial charge in [-0.3, -0.25) is 4.79 Å². The fourth-order valence-electron chi connectivity index (χ4n) is 3.74. The van der Waals surface area contributed by atoms with Gasteiger partial charge in [-0.25, -0.2) is 0 Å². The van der Waals surface area contributed by atoms with Crippen LogP contribution in [0.3, 0.4) is 0 Å². The lowest BCUT2D eigenvalue weighted by Crippen LogP contribution is -2.47. The summed E-state index contributed by atoms with van der Waals surface area (Å²) < 4.78 is 7.62. The van der Waals surface area contributed by atoms with Crippen molar-refractivity contribution in [3.63, 3.8) is 0 Å². The molecule has 0 radical (unpaired) electrons. The molecule has 22 heavy (non-hydrogen) atoms. The van der Waals surface area contributed by atoms with Crippen molar-refractivity contribution in [2.24, 2.45) is 7.05 Å². The first-order chi connectivity index (χ1) is 10.6. The van der Waals surface area contributed by atoms with Crippen molar-refractivity contribution in [1.82, 2.24) is 9.47 Å². The highest BCUT2D eigenvalue weighted by Crippen LogP contribution is 2.33. The van der Waals surface area contributed by atoms with Crippen LogP contribution in [0, 0.1) is 0 Å². The minimum Gasteiger partial charge on any atom is -0.389 e. The van der Waals surface area contributed by atoms with Crippen molar-refractivity contribution >= 4 is 5.91 Å². The van der Waals surface area contributed by atoms with Crippen LogP contribution in [0.25, 0.3) is 0 Å². The van der Waals surface area contributed by atoms with Crippen LogP contribution in [-0.4, -0.2) is 45.8 Å². The highest BCUT2D eigenvalue weighted by molar-refractivity contribution is 5.78. The summed E-state index contributed by atoms with van der Waals surface area (Å²) in [5.74, 6) is 0.0545. The van der Waals surface area contributed by atoms with E-state index in [1.165, 1.54) is 6.42 Å². The van der Waals surface area contributed by atoms with Crippen LogP contribution in [0.15, 0.2) is 18.3 Å². The second-order valence-electron chi connectivity index (χ2n) is 6.68. The number of aromatic nitrogens is 1. The number of carbonyl (C=O) groups excluding carboxylic acids is 1. The standard InChI is InChI=1S/C17H26N2O3/c1-18-9-5-6-14(18)15-13-22-11-10-19(15)16(20)12-17(21)7-3-2-4-8-17/h5-6,9,15,21H,2-4,7-8,10-13H2,1H3/t15-/m0/s1. The Hall–Kier alpha value is -1.33. The number of hydrogen-bond donors (Lipinski definition) is 1. The average Bonchev–Trinajstić information content (AvgIpc) is 2.93. The Balaban J connectivity index is 1.73. The van der Waals surface area contributed by atoms with Gasteiger partial charge in [0.1, 0.15) is 0 Å². The topological polar surface area (TPSA) is 54.7 Å². The SMILES string of the molecule is Cn1cccc1[C@@H]1COCCN1C(=O)CC1(O)CCCCC1. The molecule has 1 atom stereocenters. The molecule has 1 saturated carbocycles. The van der Waals surface area contributed by atoms with Gasteiger partial charge in [0, 0.05) is 25.5 Å². The Morgan fingerprint density at radius 1 is 1.41 bits per heavy atom. The van der Waals surface area contributed by atoms with E-state index in [0.29, 0.717) is 19.8 Å². The first kappa shape index (κ1) is 15.6. The number of aryl methyl sites for hydroxylation is 1. The molecular weight excluding hydrogens is 280 g/mol. The van der Waals surface area contributed by atoms with Gasteiger partial charge in [-0.15, -0.1) is 0 Å². The third-order valence-corrected chi connectivity index (χ3v) is 5.04. The second kappa shape index (κ2) is 6.42. The van der Waals surface area contributed by atoms with Gasteiger partial charge >= 0.3 is 0 Å². The first-order valence-corrected chi connectivity index (χ1v) is 8.30. The molecule has 0 unspecified atom stereocenters. The predicted molar refractivity (Wildman–Crippen MR) is 83.3 cm³/mol. The van der Waals surface area contributed by atoms with Gasteiger partial charge in [-0.05, 0) is 25.0 Å². The van der Waals surface area contributed by atoms with Crippen molar-refractivity contribution in [2.45, 2.75) is 50.2 Å². The smallest absolute Gasteiger partial charge is 0.226 e. The predicted octanol–water partition coefficient (Wildman–Crippen LogP) is 2.01. The summed E-state index contributed by atoms with van der Waals surface area (Å²) in [4.78, 5) is 14.7. The molecule has 2 fully saturated rings. The minimum atomic E-state index is -0.799. The van der Waals surface area contributed by atoms with E-state index < -0.39 is 5.60 Å². The van der Waals surface area contributed by atoms with E-state index >= 15 is 0 Å². The Bertz CT molecular complexity index is 520. The third kappa shape index (κ3) is 3.20. The number of rotatable bonds is 3. The van der Waals surface area contributed by atoms with E-state index in [9.17, 15) is 9.90 Å². The van der Waals surface area contributed by atoms with Gasteiger partial charge in [0.2, 0.25) is 5.91 Å². The molecular formula is C17H26N2O3. The molecule has 1 saturated heterocycles. The van der Waals surface area contributed by atoms with Crippen LogP contribution < -0.4 is 0 Å². The number of nitrogens with zero attached hydrogens (tertiary/aromatic N) is 2. The normalized spacial score (nSPS) is 25.2. The van der Waals surface area contributed by atoms with Gasteiger partial charge in [0.25, 0.3) is 0 Å². The quantitative estimate of drug-likeness (QED) is 0.929. The largest absolute Gasteiger partial charge is 0.389 e. The summed E-state index contributed by atoms with van der Waals surface area (Å²) in [6.45, 7) is 1.71. The second-order valence-corrected chi connectivity index (χ2v) is 6.68. The molecule has 1 aromatic rings. The molecule has 1 aliphatic carbocycles. The van der Waals surface area contributed by atoms with Crippen LogP contribution in [0.4, 0.5) is 0 Å². The van der Waals surface area contributed by atoms with Crippen LogP contribution in [0.1, 0.15) is 50.3 Å². The van der Waals surface area contributed by atoms with Gasteiger partial charge in [-0.2, -0.15) is 0 Å². The third-order valence-electron chi connectivity index (χ3n) is 5.04. The van der Waals surface area contributed by atoms with Crippen molar-refractivity contribution in [3.05, 3.63) is 24.0 Å². The molecule has 1 amide bonds. The maximum atomic E-state index is 12.8. The maximum absolute atomic E-state index is 12.8. The molecule has 122 valence electrons. The van der Waals surface area contributed by atoms with Crippen molar-refractivity contribution in [1.29, 1.82) is 0 Å². The van der Waals surface area contributed by atoms with Gasteiger partial charge in [-0.1, -0.05) is 19.3 Å². The maximum Gasteiger partial charge on any atom is 0.226 e. The Labute approximate surface area is 131 Å². The fourth-order valence-corrected chi connectivity index (χ4v) is 3.74. The zero-order valence-corrected chi connectivity index (χ0v) is 13.3. The summed E-state index contributed by atoms with van der Waals surface area (Å²) in [5, 5.41) is 10.7. The Morgan fingerprint density at radius 3 is 2.86 bits per heavy atom. The molecule has 2 heterocycles. The highest BCUT2D eigenvalue weighted by Gasteiger charge is 2.37. The molecule has 3 rings (SSSR count). The molecule has 0 spiro atoms. The molecule has 0 aromatic carbocycles. The molecule has 5 heteroatoms. The van der Waals surface area contributed by atoms with Crippen LogP contribution in [0.5, 0.6) is 0 Å². The Kier molecular flexibility index (Phi) is 4.54. The van der Waals surface area contributed by atoms with E-state index in [1.807, 2.05) is 34.8 Å². The zero-order chi connectivity index (χ0) is 15.6. The molecule has 1 aromatic heterocycles. The number of hydrogen-bond acceptors (Lipinski definition) is 3. The molecule has 5 nitrogen and oxygen atoms in total. The van der Waals surface area contributed by atoms with E-state index in [4.69, 9.17) is 4.74 Å². The summed E-state index contributed by atoms with van der Waals surface area (Å²) in [6, 6.07) is 3.98. The van der Waals surface area contributed by atoms with E-state index in [2.05, 4.69) is 0 Å². The van der Waals surface area contributed by atoms with E-state index in [1.54, 1.807) is 0 Å². The number of amides is 1. The van der Waals surface area contributed by atoms with Crippen molar-refractivity contribution in [2.75, 3.05) is 19.8 Å². The first-order valence-electron chi connectivity index (χ1n) is 8.30. The number of aliphatic hydroxyl groups is 1. The molecule has 2 aliphatic rings. The number of morpholine rings is 1. The summed E-state index contributed by atoms with van der Waals surface area (Å²) >= 11 is 0. The number of carbonyl (C=O) groups is 1. The van der Waals surface area contributed by atoms with Gasteiger partial charge < -0.3 is 19.3 Å². The lowest BCUT2D eigenvalue weighted by molar-refractivity contribution is -0.146. The molecule has 0 bridgehead atoms. The minimum absolute atomic E-state index is 0.0477. The molecule has 1 N–H and O–H groups in total. The summed E-state index contributed by atoms with van der Waals surface area (Å²) in [7, 11) is 1.99. The fraction of sp³-hybridized carbons (Fsp3) is 0.706. The summed E-state index contributed by atoms with van der Waals surface area (Å²) in [5.41, 5.74) is 0.288. The van der Waals surface area contributed by atoms with Crippen LogP contribution in [-0.2, 0) is 16.6 Å². The number of ether oxygens (including phenoxy) is 1. The van der Waals surface area contributed by atoms with Crippen molar-refractivity contribution < 1.29 is 14.6 Å². The highest BCUT2D eigenvalue weighted by atomic mass is 16.5. The van der Waals surface area contributed by atoms with E-state index in [-0.39, 0.29) is 18.4 Å². The zero-order valence-electron chi connectivity index (χ0n) is 13.3. The van der Waals surface area contributed by atoms with E-state index in [0.717, 1.165) is 31.4 Å². The Morgan fingerprint density at radius 2 is 2.18 bits per heavy atom. The monoisotopic (exact) mass is 306 g/mol. The lowest BCUT2D eigenvalue weighted by Gasteiger charge is -2.39. The van der Waals surface area contributed by atoms with Crippen LogP contribution >= 0.6 is 0 Å². The van der Waals surface area contributed by atoms with Gasteiger partial charge in [0.15, 0.2) is 0 Å². The van der Waals surface area contributed by atoms with Gasteiger partial charge in [0.05, 0.1) is 31.3 Å². The lowest BCUT2D eigenvalue weighted by atomic mass is 9.82. The van der Waals surface area contributed by atoms with Crippen LogP contribution in [0.2, 0.25) is 0 Å². The average molecular weight is 306 g/mol. The molecule has 1 aliphatic heterocycles.